The van der Waals surface area contributed by atoms with Gasteiger partial charge in [-0.2, -0.15) is 0 Å². The first-order valence-electron chi connectivity index (χ1n) is 7.92. The first-order valence-corrected chi connectivity index (χ1v) is 10.2. The van der Waals surface area contributed by atoms with Gasteiger partial charge in [0.25, 0.3) is 5.91 Å². The van der Waals surface area contributed by atoms with Gasteiger partial charge in [0.2, 0.25) is 10.0 Å². The summed E-state index contributed by atoms with van der Waals surface area (Å²) in [6.07, 6.45) is 1.03. The third-order valence-corrected chi connectivity index (χ3v) is 4.35. The van der Waals surface area contributed by atoms with Crippen molar-refractivity contribution >= 4 is 33.2 Å². The van der Waals surface area contributed by atoms with E-state index in [1.807, 2.05) is 31.2 Å². The van der Waals surface area contributed by atoms with E-state index in [-0.39, 0.29) is 28.9 Å². The highest BCUT2D eigenvalue weighted by molar-refractivity contribution is 7.92. The second-order valence-corrected chi connectivity index (χ2v) is 8.22. The van der Waals surface area contributed by atoms with Crippen LogP contribution < -0.4 is 14.8 Å². The highest BCUT2D eigenvalue weighted by atomic mass is 35.5. The van der Waals surface area contributed by atoms with Crippen molar-refractivity contribution in [2.75, 3.05) is 17.6 Å². The van der Waals surface area contributed by atoms with Crippen LogP contribution in [-0.2, 0) is 10.0 Å². The number of carbonyl (C=O) groups is 1. The maximum atomic E-state index is 12.4. The van der Waals surface area contributed by atoms with Crippen molar-refractivity contribution in [2.24, 2.45) is 0 Å². The molecular formula is C18H21ClN2O4S. The van der Waals surface area contributed by atoms with Gasteiger partial charge in [-0.15, -0.1) is 0 Å². The Labute approximate surface area is 158 Å². The van der Waals surface area contributed by atoms with E-state index in [9.17, 15) is 13.2 Å². The largest absolute Gasteiger partial charge is 0.491 e. The van der Waals surface area contributed by atoms with Gasteiger partial charge in [-0.1, -0.05) is 29.3 Å². The number of aryl methyl sites for hydroxylation is 1. The molecule has 0 aliphatic carbocycles. The van der Waals surface area contributed by atoms with Crippen molar-refractivity contribution < 1.29 is 17.9 Å². The summed E-state index contributed by atoms with van der Waals surface area (Å²) in [6.45, 7) is 4.08. The molecule has 0 saturated heterocycles. The standard InChI is InChI=1S/C18H21ClN2O4S/c1-12-4-7-15(8-5-12)25-11-13(2)20-18(22)16-10-14(6-9-17(16)19)21-26(3,23)24/h4-10,13,21H,11H2,1-3H3,(H,20,22)/t13-/m1/s1. The Hall–Kier alpha value is -2.25. The van der Waals surface area contributed by atoms with E-state index in [0.717, 1.165) is 11.8 Å². The zero-order chi connectivity index (χ0) is 19.3. The molecule has 0 fully saturated rings. The lowest BCUT2D eigenvalue weighted by Crippen LogP contribution is -2.37. The highest BCUT2D eigenvalue weighted by Gasteiger charge is 2.15. The smallest absolute Gasteiger partial charge is 0.253 e. The van der Waals surface area contributed by atoms with Crippen molar-refractivity contribution in [3.63, 3.8) is 0 Å². The highest BCUT2D eigenvalue weighted by Crippen LogP contribution is 2.21. The predicted molar refractivity (Wildman–Crippen MR) is 104 cm³/mol. The monoisotopic (exact) mass is 396 g/mol. The quantitative estimate of drug-likeness (QED) is 0.752. The Kier molecular flexibility index (Phi) is 6.50. The number of nitrogens with one attached hydrogen (secondary N) is 2. The van der Waals surface area contributed by atoms with E-state index in [1.165, 1.54) is 18.2 Å². The van der Waals surface area contributed by atoms with Gasteiger partial charge in [-0.3, -0.25) is 9.52 Å². The number of halogens is 1. The summed E-state index contributed by atoms with van der Waals surface area (Å²) in [5, 5.41) is 3.01. The Morgan fingerprint density at radius 1 is 1.19 bits per heavy atom. The lowest BCUT2D eigenvalue weighted by molar-refractivity contribution is 0.0927. The number of ether oxygens (including phenoxy) is 1. The van der Waals surface area contributed by atoms with Gasteiger partial charge in [0.1, 0.15) is 12.4 Å². The zero-order valence-corrected chi connectivity index (χ0v) is 16.3. The van der Waals surface area contributed by atoms with Gasteiger partial charge in [0.05, 0.1) is 22.9 Å². The molecule has 0 unspecified atom stereocenters. The molecular weight excluding hydrogens is 376 g/mol. The first-order chi connectivity index (χ1) is 12.1. The molecule has 0 heterocycles. The molecule has 0 saturated carbocycles. The lowest BCUT2D eigenvalue weighted by atomic mass is 10.2. The molecule has 26 heavy (non-hydrogen) atoms. The lowest BCUT2D eigenvalue weighted by Gasteiger charge is -2.16. The summed E-state index contributed by atoms with van der Waals surface area (Å²) in [6, 6.07) is 11.7. The third kappa shape index (κ3) is 6.24. The number of amides is 1. The summed E-state index contributed by atoms with van der Waals surface area (Å²) in [4.78, 5) is 12.4. The van der Waals surface area contributed by atoms with Crippen LogP contribution >= 0.6 is 11.6 Å². The van der Waals surface area contributed by atoms with Crippen LogP contribution in [0.5, 0.6) is 5.75 Å². The Bertz CT molecular complexity index is 883. The van der Waals surface area contributed by atoms with Crippen molar-refractivity contribution in [1.82, 2.24) is 5.32 Å². The van der Waals surface area contributed by atoms with Crippen LogP contribution in [-0.4, -0.2) is 33.2 Å². The maximum Gasteiger partial charge on any atom is 0.253 e. The van der Waals surface area contributed by atoms with E-state index < -0.39 is 15.9 Å². The van der Waals surface area contributed by atoms with Crippen molar-refractivity contribution in [3.8, 4) is 5.75 Å². The van der Waals surface area contributed by atoms with Gasteiger partial charge in [-0.25, -0.2) is 8.42 Å². The molecule has 0 bridgehead atoms. The van der Waals surface area contributed by atoms with Gasteiger partial charge in [-0.05, 0) is 44.2 Å². The summed E-state index contributed by atoms with van der Waals surface area (Å²) in [5.41, 5.74) is 1.59. The minimum Gasteiger partial charge on any atom is -0.491 e. The maximum absolute atomic E-state index is 12.4. The van der Waals surface area contributed by atoms with Crippen LogP contribution in [0.1, 0.15) is 22.8 Å². The average molecular weight is 397 g/mol. The van der Waals surface area contributed by atoms with Crippen LogP contribution in [0.3, 0.4) is 0 Å². The molecule has 2 aromatic rings. The topological polar surface area (TPSA) is 84.5 Å². The third-order valence-electron chi connectivity index (χ3n) is 3.41. The molecule has 2 N–H and O–H groups in total. The SMILES string of the molecule is Cc1ccc(OC[C@@H](C)NC(=O)c2cc(NS(C)(=O)=O)ccc2Cl)cc1. The first kappa shape index (κ1) is 20.1. The van der Waals surface area contributed by atoms with Crippen LogP contribution in [0.15, 0.2) is 42.5 Å². The Morgan fingerprint density at radius 3 is 2.46 bits per heavy atom. The summed E-state index contributed by atoms with van der Waals surface area (Å²) < 4.78 is 30.6. The number of carbonyl (C=O) groups excluding carboxylic acids is 1. The van der Waals surface area contributed by atoms with Crippen LogP contribution in [0, 0.1) is 6.92 Å². The molecule has 0 aliphatic rings. The number of rotatable bonds is 7. The number of hydrogen-bond donors (Lipinski definition) is 2. The fourth-order valence-corrected chi connectivity index (χ4v) is 2.93. The molecule has 0 aliphatic heterocycles. The molecule has 140 valence electrons. The fraction of sp³-hybridized carbons (Fsp3) is 0.278. The van der Waals surface area contributed by atoms with Crippen LogP contribution in [0.4, 0.5) is 5.69 Å². The second-order valence-electron chi connectivity index (χ2n) is 6.07. The zero-order valence-electron chi connectivity index (χ0n) is 14.7. The van der Waals surface area contributed by atoms with Gasteiger partial charge < -0.3 is 10.1 Å². The van der Waals surface area contributed by atoms with Gasteiger partial charge in [0, 0.05) is 5.69 Å². The second kappa shape index (κ2) is 8.42. The van der Waals surface area contributed by atoms with Crippen LogP contribution in [0.2, 0.25) is 5.02 Å². The molecule has 1 amide bonds. The van der Waals surface area contributed by atoms with E-state index >= 15 is 0 Å². The van der Waals surface area contributed by atoms with Crippen molar-refractivity contribution in [1.29, 1.82) is 0 Å². The molecule has 0 aromatic heterocycles. The summed E-state index contributed by atoms with van der Waals surface area (Å²) in [5.74, 6) is 0.307. The number of sulfonamides is 1. The van der Waals surface area contributed by atoms with E-state index in [0.29, 0.717) is 5.75 Å². The predicted octanol–water partition coefficient (Wildman–Crippen LogP) is 3.22. The van der Waals surface area contributed by atoms with Crippen molar-refractivity contribution in [3.05, 3.63) is 58.6 Å². The molecule has 6 nitrogen and oxygen atoms in total. The molecule has 2 rings (SSSR count). The van der Waals surface area contributed by atoms with E-state index in [2.05, 4.69) is 10.0 Å². The molecule has 0 radical (unpaired) electrons. The Balaban J connectivity index is 1.99. The van der Waals surface area contributed by atoms with E-state index in [4.69, 9.17) is 16.3 Å². The molecule has 0 spiro atoms. The fourth-order valence-electron chi connectivity index (χ4n) is 2.18. The normalized spacial score (nSPS) is 12.3. The van der Waals surface area contributed by atoms with Gasteiger partial charge >= 0.3 is 0 Å². The number of hydrogen-bond acceptors (Lipinski definition) is 4. The minimum absolute atomic E-state index is 0.183. The molecule has 8 heteroatoms. The van der Waals surface area contributed by atoms with Crippen LogP contribution in [0.25, 0.3) is 0 Å². The molecule has 1 atom stereocenters. The number of anilines is 1. The Morgan fingerprint density at radius 2 is 1.85 bits per heavy atom. The van der Waals surface area contributed by atoms with Crippen molar-refractivity contribution in [2.45, 2.75) is 19.9 Å². The number of benzene rings is 2. The average Bonchev–Trinajstić information content (AvgIpc) is 2.54. The minimum atomic E-state index is -3.44. The molecule has 2 aromatic carbocycles. The van der Waals surface area contributed by atoms with Gasteiger partial charge in [0.15, 0.2) is 0 Å². The van der Waals surface area contributed by atoms with E-state index in [1.54, 1.807) is 6.92 Å². The summed E-state index contributed by atoms with van der Waals surface area (Å²) in [7, 11) is -3.44. The summed E-state index contributed by atoms with van der Waals surface area (Å²) >= 11 is 6.06.